The molecule has 0 radical (unpaired) electrons. The summed E-state index contributed by atoms with van der Waals surface area (Å²) in [4.78, 5) is 43.2. The van der Waals surface area contributed by atoms with Gasteiger partial charge in [0.15, 0.2) is 5.54 Å². The van der Waals surface area contributed by atoms with Crippen molar-refractivity contribution in [2.45, 2.75) is 57.7 Å². The molecule has 2 aliphatic heterocycles. The van der Waals surface area contributed by atoms with Gasteiger partial charge in [-0.25, -0.2) is 9.18 Å². The van der Waals surface area contributed by atoms with Crippen molar-refractivity contribution in [1.82, 2.24) is 14.7 Å². The van der Waals surface area contributed by atoms with E-state index in [1.165, 1.54) is 11.0 Å². The minimum absolute atomic E-state index is 0.0520. The first kappa shape index (κ1) is 20.6. The first-order valence-corrected chi connectivity index (χ1v) is 10.6. The number of urea groups is 1. The summed E-state index contributed by atoms with van der Waals surface area (Å²) in [5.41, 5.74) is 5.57. The fraction of sp³-hybridized carbons (Fsp3) is 0.591. The van der Waals surface area contributed by atoms with E-state index in [0.717, 1.165) is 31.2 Å². The van der Waals surface area contributed by atoms with E-state index in [4.69, 9.17) is 5.73 Å². The highest BCUT2D eigenvalue weighted by molar-refractivity contribution is 6.00. The van der Waals surface area contributed by atoms with Crippen molar-refractivity contribution in [1.29, 1.82) is 0 Å². The molecule has 2 heterocycles. The fourth-order valence-corrected chi connectivity index (χ4v) is 5.05. The maximum Gasteiger partial charge on any atom is 0.314 e. The van der Waals surface area contributed by atoms with E-state index in [-0.39, 0.29) is 49.9 Å². The zero-order chi connectivity index (χ0) is 21.6. The van der Waals surface area contributed by atoms with Crippen molar-refractivity contribution in [3.05, 3.63) is 35.1 Å². The number of rotatable bonds is 3. The van der Waals surface area contributed by atoms with Gasteiger partial charge in [-0.15, -0.1) is 0 Å². The maximum atomic E-state index is 13.7. The van der Waals surface area contributed by atoms with Gasteiger partial charge in [0.1, 0.15) is 12.4 Å². The number of nitrogens with two attached hydrogens (primary N) is 1. The second-order valence-electron chi connectivity index (χ2n) is 9.14. The number of likely N-dealkylation sites (tertiary alicyclic amines) is 1. The van der Waals surface area contributed by atoms with Crippen molar-refractivity contribution in [3.63, 3.8) is 0 Å². The molecule has 0 bridgehead atoms. The Kier molecular flexibility index (Phi) is 5.20. The minimum Gasteiger partial charge on any atom is -0.351 e. The highest BCUT2D eigenvalue weighted by Crippen LogP contribution is 2.38. The maximum absolute atomic E-state index is 13.7. The molecular weight excluding hydrogens is 387 g/mol. The average Bonchev–Trinajstić information content (AvgIpc) is 2.66. The number of piperazine rings is 1. The van der Waals surface area contributed by atoms with Gasteiger partial charge in [-0.2, -0.15) is 0 Å². The Morgan fingerprint density at radius 1 is 1.20 bits per heavy atom. The van der Waals surface area contributed by atoms with Gasteiger partial charge >= 0.3 is 6.03 Å². The van der Waals surface area contributed by atoms with E-state index in [9.17, 15) is 18.8 Å². The first-order chi connectivity index (χ1) is 14.2. The van der Waals surface area contributed by atoms with Crippen molar-refractivity contribution < 1.29 is 18.8 Å². The van der Waals surface area contributed by atoms with Gasteiger partial charge < -0.3 is 20.4 Å². The summed E-state index contributed by atoms with van der Waals surface area (Å²) in [6.45, 7) is 4.34. The molecule has 0 unspecified atom stereocenters. The molecule has 0 aromatic heterocycles. The SMILES string of the molecule is Cc1cc(CN2C(=O)CN(C3CCC(C)CC3)C(=O)C23CN(C(N)=O)C3)ccc1F. The van der Waals surface area contributed by atoms with Crippen LogP contribution in [0.5, 0.6) is 0 Å². The molecule has 30 heavy (non-hydrogen) atoms. The summed E-state index contributed by atoms with van der Waals surface area (Å²) in [5.74, 6) is 0.0890. The van der Waals surface area contributed by atoms with E-state index < -0.39 is 11.6 Å². The Morgan fingerprint density at radius 2 is 1.87 bits per heavy atom. The number of nitrogens with zero attached hydrogens (tertiary/aromatic N) is 3. The molecule has 2 saturated heterocycles. The zero-order valence-electron chi connectivity index (χ0n) is 17.6. The molecule has 7 nitrogen and oxygen atoms in total. The van der Waals surface area contributed by atoms with E-state index in [1.54, 1.807) is 28.9 Å². The van der Waals surface area contributed by atoms with Crippen LogP contribution in [0.2, 0.25) is 0 Å². The Labute approximate surface area is 176 Å². The summed E-state index contributed by atoms with van der Waals surface area (Å²) in [6.07, 6.45) is 3.88. The highest BCUT2D eigenvalue weighted by atomic mass is 19.1. The molecule has 3 aliphatic rings. The van der Waals surface area contributed by atoms with Gasteiger partial charge in [0.2, 0.25) is 5.91 Å². The van der Waals surface area contributed by atoms with Crippen molar-refractivity contribution in [2.24, 2.45) is 11.7 Å². The number of carbonyl (C=O) groups is 3. The van der Waals surface area contributed by atoms with Crippen LogP contribution in [0.15, 0.2) is 18.2 Å². The molecule has 1 aliphatic carbocycles. The number of hydrogen-bond acceptors (Lipinski definition) is 3. The molecule has 8 heteroatoms. The van der Waals surface area contributed by atoms with E-state index in [1.807, 2.05) is 0 Å². The molecule has 3 fully saturated rings. The average molecular weight is 416 g/mol. The Balaban J connectivity index is 1.61. The van der Waals surface area contributed by atoms with E-state index in [2.05, 4.69) is 6.92 Å². The minimum atomic E-state index is -1.09. The summed E-state index contributed by atoms with van der Waals surface area (Å²) < 4.78 is 13.7. The highest BCUT2D eigenvalue weighted by Gasteiger charge is 2.61. The summed E-state index contributed by atoms with van der Waals surface area (Å²) >= 11 is 0. The summed E-state index contributed by atoms with van der Waals surface area (Å²) in [5, 5.41) is 0. The van der Waals surface area contributed by atoms with Gasteiger partial charge in [-0.05, 0) is 55.7 Å². The zero-order valence-corrected chi connectivity index (χ0v) is 17.6. The molecule has 1 aromatic carbocycles. The third kappa shape index (κ3) is 3.42. The van der Waals surface area contributed by atoms with Gasteiger partial charge in [0, 0.05) is 12.6 Å². The van der Waals surface area contributed by atoms with Gasteiger partial charge in [0.05, 0.1) is 13.1 Å². The number of aryl methyl sites for hydroxylation is 1. The first-order valence-electron chi connectivity index (χ1n) is 10.6. The standard InChI is InChI=1S/C22H29FN4O3/c1-14-3-6-17(7-4-14)26-11-19(28)27(10-16-5-8-18(23)15(2)9-16)22(20(26)29)12-25(13-22)21(24)30/h5,8-9,14,17H,3-4,6-7,10-13H2,1-2H3,(H2,24,30). The van der Waals surface area contributed by atoms with Crippen LogP contribution in [-0.4, -0.2) is 63.8 Å². The lowest BCUT2D eigenvalue weighted by molar-refractivity contribution is -0.179. The lowest BCUT2D eigenvalue weighted by Crippen LogP contribution is -2.82. The normalized spacial score (nSPS) is 26.2. The summed E-state index contributed by atoms with van der Waals surface area (Å²) in [6, 6.07) is 4.17. The van der Waals surface area contributed by atoms with Crippen molar-refractivity contribution >= 4 is 17.8 Å². The third-order valence-electron chi connectivity index (χ3n) is 6.99. The number of primary amides is 1. The second kappa shape index (κ2) is 7.56. The van der Waals surface area contributed by atoms with Crippen LogP contribution in [0, 0.1) is 18.7 Å². The largest absolute Gasteiger partial charge is 0.351 e. The van der Waals surface area contributed by atoms with Crippen LogP contribution in [-0.2, 0) is 16.1 Å². The van der Waals surface area contributed by atoms with Gasteiger partial charge in [-0.1, -0.05) is 19.1 Å². The van der Waals surface area contributed by atoms with Crippen LogP contribution in [0.4, 0.5) is 9.18 Å². The topological polar surface area (TPSA) is 87.0 Å². The van der Waals surface area contributed by atoms with Crippen LogP contribution < -0.4 is 5.73 Å². The van der Waals surface area contributed by atoms with Crippen molar-refractivity contribution in [3.8, 4) is 0 Å². The van der Waals surface area contributed by atoms with Gasteiger partial charge in [-0.3, -0.25) is 9.59 Å². The molecular formula is C22H29FN4O3. The van der Waals surface area contributed by atoms with E-state index >= 15 is 0 Å². The number of amides is 4. The summed E-state index contributed by atoms with van der Waals surface area (Å²) in [7, 11) is 0. The molecule has 162 valence electrons. The van der Waals surface area contributed by atoms with Crippen molar-refractivity contribution in [2.75, 3.05) is 19.6 Å². The smallest absolute Gasteiger partial charge is 0.314 e. The van der Waals surface area contributed by atoms with Crippen LogP contribution in [0.1, 0.15) is 43.7 Å². The molecule has 2 N–H and O–H groups in total. The lowest BCUT2D eigenvalue weighted by Gasteiger charge is -2.58. The Morgan fingerprint density at radius 3 is 2.47 bits per heavy atom. The molecule has 1 spiro atoms. The Hall–Kier alpha value is -2.64. The number of carbonyl (C=O) groups excluding carboxylic acids is 3. The number of hydrogen-bond donors (Lipinski definition) is 1. The molecule has 4 amide bonds. The Bertz CT molecular complexity index is 875. The lowest BCUT2D eigenvalue weighted by atomic mass is 9.80. The quantitative estimate of drug-likeness (QED) is 0.818. The molecule has 1 aromatic rings. The van der Waals surface area contributed by atoms with E-state index in [0.29, 0.717) is 11.5 Å². The molecule has 0 atom stereocenters. The van der Waals surface area contributed by atoms with Crippen LogP contribution >= 0.6 is 0 Å². The number of benzene rings is 1. The second-order valence-corrected chi connectivity index (χ2v) is 9.14. The monoisotopic (exact) mass is 416 g/mol. The predicted octanol–water partition coefficient (Wildman–Crippen LogP) is 2.02. The predicted molar refractivity (Wildman–Crippen MR) is 109 cm³/mol. The van der Waals surface area contributed by atoms with Crippen LogP contribution in [0.25, 0.3) is 0 Å². The third-order valence-corrected chi connectivity index (χ3v) is 6.99. The fourth-order valence-electron chi connectivity index (χ4n) is 5.05. The molecule has 1 saturated carbocycles. The van der Waals surface area contributed by atoms with Crippen LogP contribution in [0.3, 0.4) is 0 Å². The molecule has 4 rings (SSSR count). The number of halogens is 1. The van der Waals surface area contributed by atoms with Gasteiger partial charge in [0.25, 0.3) is 5.91 Å².